The van der Waals surface area contributed by atoms with Gasteiger partial charge in [-0.15, -0.1) is 0 Å². The molecule has 0 saturated heterocycles. The number of halogens is 2. The van der Waals surface area contributed by atoms with Gasteiger partial charge in [-0.05, 0) is 42.4 Å². The van der Waals surface area contributed by atoms with E-state index in [4.69, 9.17) is 0 Å². The predicted octanol–water partition coefficient (Wildman–Crippen LogP) is 4.13. The van der Waals surface area contributed by atoms with Crippen LogP contribution in [0, 0.1) is 17.2 Å². The fourth-order valence-corrected chi connectivity index (χ4v) is 3.03. The molecule has 1 aromatic rings. The van der Waals surface area contributed by atoms with E-state index in [1.165, 1.54) is 12.1 Å². The molecule has 0 bridgehead atoms. The van der Waals surface area contributed by atoms with E-state index in [0.29, 0.717) is 10.9 Å². The van der Waals surface area contributed by atoms with Gasteiger partial charge in [0.25, 0.3) is 0 Å². The molecule has 0 saturated carbocycles. The molecule has 1 aromatic carbocycles. The van der Waals surface area contributed by atoms with Gasteiger partial charge in [0.1, 0.15) is 17.9 Å². The lowest BCUT2D eigenvalue weighted by atomic mass is 9.88. The number of urea groups is 1. The number of hydrogen-bond donors (Lipinski definition) is 4. The number of amides is 3. The summed E-state index contributed by atoms with van der Waals surface area (Å²) in [6.45, 7) is 9.37. The molecule has 0 fully saturated rings. The van der Waals surface area contributed by atoms with Crippen molar-refractivity contribution in [1.29, 1.82) is 0 Å². The molecule has 7 nitrogen and oxygen atoms in total. The number of nitrogens with one attached hydrogen (secondary N) is 3. The highest BCUT2D eigenvalue weighted by atomic mass is 79.9. The van der Waals surface area contributed by atoms with Gasteiger partial charge in [0.2, 0.25) is 5.91 Å². The van der Waals surface area contributed by atoms with E-state index in [2.05, 4.69) is 31.9 Å². The van der Waals surface area contributed by atoms with Crippen LogP contribution < -0.4 is 16.0 Å². The van der Waals surface area contributed by atoms with E-state index in [-0.39, 0.29) is 23.4 Å². The fraction of sp³-hybridized carbons (Fsp3) is 0.550. The first-order valence-electron chi connectivity index (χ1n) is 9.34. The summed E-state index contributed by atoms with van der Waals surface area (Å²) < 4.78 is 14.4. The van der Waals surface area contributed by atoms with E-state index in [0.717, 1.165) is 0 Å². The van der Waals surface area contributed by atoms with Crippen molar-refractivity contribution in [2.24, 2.45) is 11.3 Å². The van der Waals surface area contributed by atoms with Crippen LogP contribution in [0.15, 0.2) is 22.7 Å². The van der Waals surface area contributed by atoms with Gasteiger partial charge in [-0.3, -0.25) is 4.79 Å². The number of anilines is 1. The van der Waals surface area contributed by atoms with Crippen molar-refractivity contribution in [2.75, 3.05) is 5.32 Å². The topological polar surface area (TPSA) is 108 Å². The Hall–Kier alpha value is -2.16. The number of aliphatic carboxylic acids is 1. The third-order valence-corrected chi connectivity index (χ3v) is 4.43. The molecule has 4 N–H and O–H groups in total. The van der Waals surface area contributed by atoms with E-state index < -0.39 is 35.8 Å². The summed E-state index contributed by atoms with van der Waals surface area (Å²) in [4.78, 5) is 36.5. The second-order valence-corrected chi connectivity index (χ2v) is 9.48. The molecule has 0 aromatic heterocycles. The molecule has 0 spiro atoms. The quantitative estimate of drug-likeness (QED) is 0.455. The zero-order valence-corrected chi connectivity index (χ0v) is 18.9. The summed E-state index contributed by atoms with van der Waals surface area (Å²) in [5.74, 6) is -2.31. The summed E-state index contributed by atoms with van der Waals surface area (Å²) in [5.41, 5.74) is -0.348. The van der Waals surface area contributed by atoms with Gasteiger partial charge < -0.3 is 21.1 Å². The Balaban J connectivity index is 2.87. The zero-order chi connectivity index (χ0) is 22.4. The van der Waals surface area contributed by atoms with Crippen molar-refractivity contribution in [1.82, 2.24) is 10.6 Å². The van der Waals surface area contributed by atoms with Crippen LogP contribution in [0.1, 0.15) is 47.5 Å². The molecule has 0 unspecified atom stereocenters. The van der Waals surface area contributed by atoms with Crippen LogP contribution in [-0.4, -0.2) is 35.1 Å². The molecule has 0 aliphatic carbocycles. The van der Waals surface area contributed by atoms with Gasteiger partial charge in [0.05, 0.1) is 5.69 Å². The normalized spacial score (nSPS) is 13.5. The second kappa shape index (κ2) is 10.6. The first-order chi connectivity index (χ1) is 13.3. The Morgan fingerprint density at radius 2 is 1.76 bits per heavy atom. The average Bonchev–Trinajstić information content (AvgIpc) is 2.54. The highest BCUT2D eigenvalue weighted by molar-refractivity contribution is 9.10. The molecule has 0 aliphatic rings. The molecule has 1 rings (SSSR count). The first kappa shape index (κ1) is 24.9. The van der Waals surface area contributed by atoms with Crippen LogP contribution in [-0.2, 0) is 9.59 Å². The summed E-state index contributed by atoms with van der Waals surface area (Å²) in [6.07, 6.45) is 0.530. The lowest BCUT2D eigenvalue weighted by Gasteiger charge is -2.26. The van der Waals surface area contributed by atoms with Crippen molar-refractivity contribution < 1.29 is 23.9 Å². The predicted molar refractivity (Wildman–Crippen MR) is 113 cm³/mol. The van der Waals surface area contributed by atoms with Gasteiger partial charge in [0, 0.05) is 4.47 Å². The van der Waals surface area contributed by atoms with E-state index in [1.54, 1.807) is 6.07 Å². The van der Waals surface area contributed by atoms with Gasteiger partial charge >= 0.3 is 12.0 Å². The van der Waals surface area contributed by atoms with Crippen molar-refractivity contribution >= 4 is 39.5 Å². The Bertz CT molecular complexity index is 750. The second-order valence-electron chi connectivity index (χ2n) is 8.57. The molecule has 9 heteroatoms. The standard InChI is InChI=1S/C20H29BrFN3O4/c1-11(2)8-15(17(26)23-16(18(27)28)10-20(3,4)5)25-19(29)24-14-7-6-12(21)9-13(14)22/h6-7,9,11,15-16H,8,10H2,1-5H3,(H,23,26)(H,27,28)(H2,24,25,29)/t15-,16-/m0/s1. The maximum Gasteiger partial charge on any atom is 0.326 e. The van der Waals surface area contributed by atoms with Gasteiger partial charge in [-0.25, -0.2) is 14.0 Å². The number of carbonyl (C=O) groups excluding carboxylic acids is 2. The van der Waals surface area contributed by atoms with Crippen molar-refractivity contribution in [3.05, 3.63) is 28.5 Å². The van der Waals surface area contributed by atoms with Crippen LogP contribution in [0.2, 0.25) is 0 Å². The van der Waals surface area contributed by atoms with E-state index in [9.17, 15) is 23.9 Å². The smallest absolute Gasteiger partial charge is 0.326 e. The Morgan fingerprint density at radius 3 is 2.24 bits per heavy atom. The third kappa shape index (κ3) is 9.25. The highest BCUT2D eigenvalue weighted by Crippen LogP contribution is 2.21. The monoisotopic (exact) mass is 473 g/mol. The van der Waals surface area contributed by atoms with Crippen LogP contribution in [0.25, 0.3) is 0 Å². The summed E-state index contributed by atoms with van der Waals surface area (Å²) >= 11 is 3.13. The third-order valence-electron chi connectivity index (χ3n) is 3.94. The lowest BCUT2D eigenvalue weighted by Crippen LogP contribution is -2.53. The van der Waals surface area contributed by atoms with Gasteiger partial charge in [-0.2, -0.15) is 0 Å². The highest BCUT2D eigenvalue weighted by Gasteiger charge is 2.30. The van der Waals surface area contributed by atoms with Crippen molar-refractivity contribution in [3.63, 3.8) is 0 Å². The zero-order valence-electron chi connectivity index (χ0n) is 17.3. The van der Waals surface area contributed by atoms with Crippen LogP contribution in [0.3, 0.4) is 0 Å². The number of carboxylic acid groups (broad SMARTS) is 1. The molecule has 0 heterocycles. The molecule has 0 aliphatic heterocycles. The average molecular weight is 474 g/mol. The number of benzene rings is 1. The molecule has 2 atom stereocenters. The lowest BCUT2D eigenvalue weighted by molar-refractivity contribution is -0.143. The van der Waals surface area contributed by atoms with Gasteiger partial charge in [-0.1, -0.05) is 50.5 Å². The first-order valence-corrected chi connectivity index (χ1v) is 10.1. The minimum Gasteiger partial charge on any atom is -0.480 e. The van der Waals surface area contributed by atoms with Crippen LogP contribution in [0.4, 0.5) is 14.9 Å². The minimum absolute atomic E-state index is 0.0365. The Kier molecular flexibility index (Phi) is 9.07. The molecular formula is C20H29BrFN3O4. The summed E-state index contributed by atoms with van der Waals surface area (Å²) in [5, 5.41) is 16.8. The largest absolute Gasteiger partial charge is 0.480 e. The number of carbonyl (C=O) groups is 3. The molecule has 0 radical (unpaired) electrons. The van der Waals surface area contributed by atoms with Crippen LogP contribution >= 0.6 is 15.9 Å². The fourth-order valence-electron chi connectivity index (χ4n) is 2.70. The number of carboxylic acids is 1. The van der Waals surface area contributed by atoms with Gasteiger partial charge in [0.15, 0.2) is 0 Å². The van der Waals surface area contributed by atoms with E-state index >= 15 is 0 Å². The Morgan fingerprint density at radius 1 is 1.14 bits per heavy atom. The Labute approximate surface area is 179 Å². The maximum atomic E-state index is 13.9. The van der Waals surface area contributed by atoms with E-state index in [1.807, 2.05) is 34.6 Å². The molecular weight excluding hydrogens is 445 g/mol. The molecule has 29 heavy (non-hydrogen) atoms. The van der Waals surface area contributed by atoms with Crippen molar-refractivity contribution in [2.45, 2.75) is 59.5 Å². The summed E-state index contributed by atoms with van der Waals surface area (Å²) in [6, 6.07) is 1.37. The summed E-state index contributed by atoms with van der Waals surface area (Å²) in [7, 11) is 0. The maximum absolute atomic E-state index is 13.9. The molecule has 162 valence electrons. The SMILES string of the molecule is CC(C)C[C@H](NC(=O)Nc1ccc(Br)cc1F)C(=O)N[C@@H](CC(C)(C)C)C(=O)O. The number of rotatable bonds is 8. The van der Waals surface area contributed by atoms with Crippen LogP contribution in [0.5, 0.6) is 0 Å². The minimum atomic E-state index is -1.14. The number of hydrogen-bond acceptors (Lipinski definition) is 3. The van der Waals surface area contributed by atoms with Crippen molar-refractivity contribution in [3.8, 4) is 0 Å². The molecule has 3 amide bonds.